The molecule has 0 aliphatic carbocycles. The van der Waals surface area contributed by atoms with Gasteiger partial charge in [0.2, 0.25) is 5.91 Å². The van der Waals surface area contributed by atoms with Crippen molar-refractivity contribution in [2.75, 3.05) is 12.9 Å². The molecule has 0 unspecified atom stereocenters. The van der Waals surface area contributed by atoms with Gasteiger partial charge in [0.25, 0.3) is 5.69 Å². The number of hydrogen-bond acceptors (Lipinski definition) is 8. The molecule has 10 heteroatoms. The molecule has 2 aromatic rings. The van der Waals surface area contributed by atoms with E-state index in [1.165, 1.54) is 42.3 Å². The molecule has 1 N–H and O–H groups in total. The number of nitrogens with zero attached hydrogens (tertiary/aromatic N) is 2. The summed E-state index contributed by atoms with van der Waals surface area (Å²) < 4.78 is 6.07. The fraction of sp³-hybridized carbons (Fsp3) is 0.438. The fourth-order valence-corrected chi connectivity index (χ4v) is 4.12. The zero-order valence-corrected chi connectivity index (χ0v) is 16.2. The van der Waals surface area contributed by atoms with E-state index in [0.717, 1.165) is 6.42 Å². The minimum Gasteiger partial charge on any atom is -0.467 e. The monoisotopic (exact) mass is 397 g/mol. The maximum atomic E-state index is 12.2. The van der Waals surface area contributed by atoms with Crippen LogP contribution in [0.4, 0.5) is 5.69 Å². The summed E-state index contributed by atoms with van der Waals surface area (Å²) in [6, 6.07) is 3.77. The smallest absolute Gasteiger partial charge is 0.328 e. The van der Waals surface area contributed by atoms with Gasteiger partial charge < -0.3 is 10.1 Å². The highest BCUT2D eigenvalue weighted by Gasteiger charge is 2.26. The SMILES string of the molecule is CC[C@@H](C)[C@H](NC(=O)CSc1nc2ccc([N+](=O)[O-])cc2s1)C(=O)OC. The molecule has 0 saturated carbocycles. The summed E-state index contributed by atoms with van der Waals surface area (Å²) in [5.74, 6) is -0.716. The Labute approximate surface area is 158 Å². The third-order valence-corrected chi connectivity index (χ3v) is 6.04. The van der Waals surface area contributed by atoms with Crippen LogP contribution in [0.1, 0.15) is 20.3 Å². The number of carbonyl (C=O) groups is 2. The largest absolute Gasteiger partial charge is 0.467 e. The number of aromatic nitrogens is 1. The normalized spacial score (nSPS) is 13.2. The van der Waals surface area contributed by atoms with Gasteiger partial charge in [0.1, 0.15) is 6.04 Å². The van der Waals surface area contributed by atoms with Crippen molar-refractivity contribution in [1.82, 2.24) is 10.3 Å². The van der Waals surface area contributed by atoms with E-state index in [-0.39, 0.29) is 23.3 Å². The Bertz CT molecular complexity index is 823. The van der Waals surface area contributed by atoms with Crippen molar-refractivity contribution < 1.29 is 19.2 Å². The molecule has 2 atom stereocenters. The van der Waals surface area contributed by atoms with Gasteiger partial charge >= 0.3 is 5.97 Å². The van der Waals surface area contributed by atoms with E-state index in [9.17, 15) is 19.7 Å². The van der Waals surface area contributed by atoms with E-state index in [1.54, 1.807) is 6.07 Å². The lowest BCUT2D eigenvalue weighted by molar-refractivity contribution is -0.384. The summed E-state index contributed by atoms with van der Waals surface area (Å²) in [7, 11) is 1.29. The molecule has 0 saturated heterocycles. The summed E-state index contributed by atoms with van der Waals surface area (Å²) in [4.78, 5) is 38.7. The van der Waals surface area contributed by atoms with Crippen LogP contribution in [0, 0.1) is 16.0 Å². The molecule has 0 aliphatic heterocycles. The fourth-order valence-electron chi connectivity index (χ4n) is 2.21. The predicted molar refractivity (Wildman–Crippen MR) is 100 cm³/mol. The molecule has 26 heavy (non-hydrogen) atoms. The van der Waals surface area contributed by atoms with E-state index in [2.05, 4.69) is 10.3 Å². The van der Waals surface area contributed by atoms with E-state index in [0.29, 0.717) is 14.6 Å². The predicted octanol–water partition coefficient (Wildman–Crippen LogP) is 3.00. The number of thioether (sulfide) groups is 1. The van der Waals surface area contributed by atoms with E-state index in [1.807, 2.05) is 13.8 Å². The maximum absolute atomic E-state index is 12.2. The molecule has 8 nitrogen and oxygen atoms in total. The van der Waals surface area contributed by atoms with Gasteiger partial charge in [0.15, 0.2) is 4.34 Å². The average Bonchev–Trinajstić information content (AvgIpc) is 3.05. The van der Waals surface area contributed by atoms with Crippen LogP contribution in [0.25, 0.3) is 10.2 Å². The van der Waals surface area contributed by atoms with Gasteiger partial charge in [-0.25, -0.2) is 9.78 Å². The first-order valence-corrected chi connectivity index (χ1v) is 9.70. The second kappa shape index (κ2) is 8.95. The van der Waals surface area contributed by atoms with Crippen molar-refractivity contribution in [3.05, 3.63) is 28.3 Å². The Morgan fingerprint density at radius 3 is 2.81 bits per heavy atom. The first kappa shape index (κ1) is 20.1. The third kappa shape index (κ3) is 4.92. The number of amides is 1. The van der Waals surface area contributed by atoms with Crippen molar-refractivity contribution >= 4 is 50.9 Å². The number of esters is 1. The maximum Gasteiger partial charge on any atom is 0.328 e. The summed E-state index contributed by atoms with van der Waals surface area (Å²) in [5.41, 5.74) is 0.653. The first-order valence-electron chi connectivity index (χ1n) is 7.90. The number of ether oxygens (including phenoxy) is 1. The van der Waals surface area contributed by atoms with Crippen LogP contribution in [-0.4, -0.2) is 40.7 Å². The van der Waals surface area contributed by atoms with Gasteiger partial charge in [0.05, 0.1) is 28.0 Å². The first-order chi connectivity index (χ1) is 12.3. The molecule has 1 amide bonds. The van der Waals surface area contributed by atoms with Gasteiger partial charge in [-0.05, 0) is 12.0 Å². The quantitative estimate of drug-likeness (QED) is 0.315. The minimum absolute atomic E-state index is 0.00455. The molecule has 0 aliphatic rings. The number of non-ortho nitro benzene ring substituents is 1. The molecule has 140 valence electrons. The highest BCUT2D eigenvalue weighted by molar-refractivity contribution is 8.01. The van der Waals surface area contributed by atoms with Crippen molar-refractivity contribution in [3.8, 4) is 0 Å². The van der Waals surface area contributed by atoms with Crippen LogP contribution in [0.5, 0.6) is 0 Å². The number of thiazole rings is 1. The number of benzene rings is 1. The number of hydrogen-bond donors (Lipinski definition) is 1. The van der Waals surface area contributed by atoms with Gasteiger partial charge in [-0.15, -0.1) is 11.3 Å². The minimum atomic E-state index is -0.684. The Balaban J connectivity index is 2.01. The Hall–Kier alpha value is -2.20. The van der Waals surface area contributed by atoms with Gasteiger partial charge in [0, 0.05) is 12.1 Å². The zero-order valence-electron chi connectivity index (χ0n) is 14.6. The number of methoxy groups -OCH3 is 1. The van der Waals surface area contributed by atoms with Crippen molar-refractivity contribution in [2.45, 2.75) is 30.6 Å². The van der Waals surface area contributed by atoms with Gasteiger partial charge in [-0.1, -0.05) is 32.0 Å². The van der Waals surface area contributed by atoms with Crippen LogP contribution in [-0.2, 0) is 14.3 Å². The summed E-state index contributed by atoms with van der Waals surface area (Å²) in [6.07, 6.45) is 0.726. The van der Waals surface area contributed by atoms with Crippen molar-refractivity contribution in [1.29, 1.82) is 0 Å². The second-order valence-corrected chi connectivity index (χ2v) is 7.88. The Morgan fingerprint density at radius 2 is 2.19 bits per heavy atom. The second-order valence-electron chi connectivity index (χ2n) is 5.63. The van der Waals surface area contributed by atoms with Gasteiger partial charge in [-0.3, -0.25) is 14.9 Å². The lowest BCUT2D eigenvalue weighted by atomic mass is 9.99. The molecule has 0 fully saturated rings. The van der Waals surface area contributed by atoms with Crippen LogP contribution in [0.3, 0.4) is 0 Å². The van der Waals surface area contributed by atoms with Crippen LogP contribution >= 0.6 is 23.1 Å². The number of nitrogens with one attached hydrogen (secondary N) is 1. The van der Waals surface area contributed by atoms with Gasteiger partial charge in [-0.2, -0.15) is 0 Å². The molecule has 1 aromatic heterocycles. The molecular weight excluding hydrogens is 378 g/mol. The highest BCUT2D eigenvalue weighted by Crippen LogP contribution is 2.31. The molecule has 2 rings (SSSR count). The lowest BCUT2D eigenvalue weighted by Crippen LogP contribution is -2.46. The summed E-state index contributed by atoms with van der Waals surface area (Å²) >= 11 is 2.51. The number of rotatable bonds is 8. The Kier molecular flexibility index (Phi) is 6.92. The summed E-state index contributed by atoms with van der Waals surface area (Å²) in [6.45, 7) is 3.80. The Morgan fingerprint density at radius 1 is 1.46 bits per heavy atom. The number of fused-ring (bicyclic) bond motifs is 1. The van der Waals surface area contributed by atoms with Crippen molar-refractivity contribution in [3.63, 3.8) is 0 Å². The number of nitro benzene ring substituents is 1. The number of carbonyl (C=O) groups excluding carboxylic acids is 2. The van der Waals surface area contributed by atoms with Crippen LogP contribution in [0.15, 0.2) is 22.5 Å². The molecule has 0 radical (unpaired) electrons. The van der Waals surface area contributed by atoms with E-state index >= 15 is 0 Å². The standard InChI is InChI=1S/C16H19N3O5S2/c1-4-9(2)14(15(21)24-3)18-13(20)8-25-16-17-11-6-5-10(19(22)23)7-12(11)26-16/h5-7,9,14H,4,8H2,1-3H3,(H,18,20)/t9-,14+/m1/s1. The zero-order chi connectivity index (χ0) is 19.3. The lowest BCUT2D eigenvalue weighted by Gasteiger charge is -2.21. The van der Waals surface area contributed by atoms with Crippen LogP contribution in [0.2, 0.25) is 0 Å². The topological polar surface area (TPSA) is 111 Å². The average molecular weight is 397 g/mol. The molecule has 1 aromatic carbocycles. The summed E-state index contributed by atoms with van der Waals surface area (Å²) in [5, 5.41) is 13.5. The highest BCUT2D eigenvalue weighted by atomic mass is 32.2. The molecule has 1 heterocycles. The van der Waals surface area contributed by atoms with E-state index in [4.69, 9.17) is 4.74 Å². The van der Waals surface area contributed by atoms with Crippen LogP contribution < -0.4 is 5.32 Å². The van der Waals surface area contributed by atoms with Crippen molar-refractivity contribution in [2.24, 2.45) is 5.92 Å². The number of nitro groups is 1. The molecular formula is C16H19N3O5S2. The molecule has 0 spiro atoms. The van der Waals surface area contributed by atoms with E-state index < -0.39 is 16.9 Å². The molecule has 0 bridgehead atoms. The third-order valence-electron chi connectivity index (χ3n) is 3.87.